The van der Waals surface area contributed by atoms with Gasteiger partial charge in [-0.2, -0.15) is 0 Å². The van der Waals surface area contributed by atoms with Crippen LogP contribution in [-0.2, 0) is 0 Å². The minimum Gasteiger partial charge on any atom is -0.399 e. The van der Waals surface area contributed by atoms with Crippen molar-refractivity contribution in [3.63, 3.8) is 0 Å². The fourth-order valence-electron chi connectivity index (χ4n) is 1.63. The third-order valence-electron chi connectivity index (χ3n) is 2.43. The highest BCUT2D eigenvalue weighted by molar-refractivity contribution is 5.96. The molecule has 0 atom stereocenters. The molecule has 0 bridgehead atoms. The summed E-state index contributed by atoms with van der Waals surface area (Å²) in [5, 5.41) is 0. The van der Waals surface area contributed by atoms with Crippen molar-refractivity contribution in [2.24, 2.45) is 0 Å². The number of anilines is 2. The van der Waals surface area contributed by atoms with Crippen LogP contribution < -0.4 is 11.5 Å². The first-order valence-electron chi connectivity index (χ1n) is 5.53. The molecule has 0 aliphatic rings. The highest BCUT2D eigenvalue weighted by Gasteiger charge is 2.17. The number of hydrogen-bond acceptors (Lipinski definition) is 3. The van der Waals surface area contributed by atoms with E-state index in [9.17, 15) is 4.79 Å². The molecule has 0 spiro atoms. The van der Waals surface area contributed by atoms with Crippen LogP contribution in [0.1, 0.15) is 24.2 Å². The fourth-order valence-corrected chi connectivity index (χ4v) is 1.63. The van der Waals surface area contributed by atoms with Gasteiger partial charge in [-0.05, 0) is 32.0 Å². The van der Waals surface area contributed by atoms with Gasteiger partial charge in [0.05, 0.1) is 0 Å². The van der Waals surface area contributed by atoms with Gasteiger partial charge in [-0.25, -0.2) is 0 Å². The molecule has 17 heavy (non-hydrogen) atoms. The molecule has 4 N–H and O–H groups in total. The first-order valence-corrected chi connectivity index (χ1v) is 5.53. The van der Waals surface area contributed by atoms with Crippen LogP contribution in [0.4, 0.5) is 11.4 Å². The standard InChI is InChI=1S/C13H19N3O/c1-4-5-16(9(2)3)13(17)10-6-11(14)8-12(15)7-10/h4,6-9H,1,5,14-15H2,2-3H3. The van der Waals surface area contributed by atoms with E-state index in [0.717, 1.165) is 0 Å². The second-order valence-electron chi connectivity index (χ2n) is 4.23. The van der Waals surface area contributed by atoms with Gasteiger partial charge in [-0.15, -0.1) is 6.58 Å². The summed E-state index contributed by atoms with van der Waals surface area (Å²) >= 11 is 0. The summed E-state index contributed by atoms with van der Waals surface area (Å²) in [4.78, 5) is 14.0. The summed E-state index contributed by atoms with van der Waals surface area (Å²) < 4.78 is 0. The van der Waals surface area contributed by atoms with E-state index in [-0.39, 0.29) is 11.9 Å². The number of carbonyl (C=O) groups is 1. The molecule has 4 heteroatoms. The molecule has 0 heterocycles. The molecule has 0 aromatic heterocycles. The fraction of sp³-hybridized carbons (Fsp3) is 0.308. The van der Waals surface area contributed by atoms with Crippen LogP contribution in [0.15, 0.2) is 30.9 Å². The highest BCUT2D eigenvalue weighted by atomic mass is 16.2. The SMILES string of the molecule is C=CCN(C(=O)c1cc(N)cc(N)c1)C(C)C. The van der Waals surface area contributed by atoms with Gasteiger partial charge in [0, 0.05) is 29.5 Å². The number of carbonyl (C=O) groups excluding carboxylic acids is 1. The summed E-state index contributed by atoms with van der Waals surface area (Å²) in [5.41, 5.74) is 12.9. The van der Waals surface area contributed by atoms with E-state index < -0.39 is 0 Å². The molecule has 0 saturated carbocycles. The van der Waals surface area contributed by atoms with Gasteiger partial charge < -0.3 is 16.4 Å². The topological polar surface area (TPSA) is 72.3 Å². The Bertz CT molecular complexity index is 406. The smallest absolute Gasteiger partial charge is 0.254 e. The van der Waals surface area contributed by atoms with Gasteiger partial charge in [0.1, 0.15) is 0 Å². The number of rotatable bonds is 4. The van der Waals surface area contributed by atoms with Crippen molar-refractivity contribution in [1.82, 2.24) is 4.90 Å². The maximum atomic E-state index is 12.2. The number of nitrogens with zero attached hydrogens (tertiary/aromatic N) is 1. The van der Waals surface area contributed by atoms with E-state index in [0.29, 0.717) is 23.5 Å². The predicted octanol–water partition coefficient (Wildman–Crippen LogP) is 1.89. The Kier molecular flexibility index (Phi) is 4.15. The second-order valence-corrected chi connectivity index (χ2v) is 4.23. The lowest BCUT2D eigenvalue weighted by atomic mass is 10.1. The van der Waals surface area contributed by atoms with Crippen LogP contribution in [-0.4, -0.2) is 23.4 Å². The van der Waals surface area contributed by atoms with Gasteiger partial charge in [-0.1, -0.05) is 6.08 Å². The minimum atomic E-state index is -0.0844. The largest absolute Gasteiger partial charge is 0.399 e. The van der Waals surface area contributed by atoms with Crippen molar-refractivity contribution >= 4 is 17.3 Å². The number of nitrogens with two attached hydrogens (primary N) is 2. The Labute approximate surface area is 102 Å². The molecule has 1 aromatic carbocycles. The van der Waals surface area contributed by atoms with E-state index in [1.165, 1.54) is 0 Å². The van der Waals surface area contributed by atoms with Crippen LogP contribution in [0.2, 0.25) is 0 Å². The molecular formula is C13H19N3O. The molecule has 0 saturated heterocycles. The zero-order valence-corrected chi connectivity index (χ0v) is 10.3. The zero-order valence-electron chi connectivity index (χ0n) is 10.3. The summed E-state index contributed by atoms with van der Waals surface area (Å²) in [6, 6.07) is 5.00. The average Bonchev–Trinajstić information content (AvgIpc) is 2.23. The molecule has 1 aromatic rings. The Morgan fingerprint density at radius 2 is 1.88 bits per heavy atom. The first-order chi connectivity index (χ1) is 7.95. The van der Waals surface area contributed by atoms with Crippen molar-refractivity contribution in [2.75, 3.05) is 18.0 Å². The highest BCUT2D eigenvalue weighted by Crippen LogP contribution is 2.16. The Balaban J connectivity index is 3.04. The molecule has 0 fully saturated rings. The van der Waals surface area contributed by atoms with Crippen LogP contribution in [0.5, 0.6) is 0 Å². The normalized spacial score (nSPS) is 10.3. The molecule has 92 valence electrons. The van der Waals surface area contributed by atoms with Crippen molar-refractivity contribution in [2.45, 2.75) is 19.9 Å². The van der Waals surface area contributed by atoms with Gasteiger partial charge in [0.2, 0.25) is 0 Å². The molecule has 1 amide bonds. The van der Waals surface area contributed by atoms with Crippen LogP contribution in [0.3, 0.4) is 0 Å². The van der Waals surface area contributed by atoms with E-state index in [2.05, 4.69) is 6.58 Å². The zero-order chi connectivity index (χ0) is 13.0. The number of amides is 1. The van der Waals surface area contributed by atoms with Crippen LogP contribution >= 0.6 is 0 Å². The van der Waals surface area contributed by atoms with Crippen LogP contribution in [0, 0.1) is 0 Å². The van der Waals surface area contributed by atoms with Gasteiger partial charge >= 0.3 is 0 Å². The maximum Gasteiger partial charge on any atom is 0.254 e. The van der Waals surface area contributed by atoms with E-state index in [1.807, 2.05) is 13.8 Å². The van der Waals surface area contributed by atoms with Crippen molar-refractivity contribution in [3.8, 4) is 0 Å². The first kappa shape index (κ1) is 13.1. The Hall–Kier alpha value is -1.97. The van der Waals surface area contributed by atoms with Gasteiger partial charge in [-0.3, -0.25) is 4.79 Å². The third kappa shape index (κ3) is 3.24. The molecular weight excluding hydrogens is 214 g/mol. The summed E-state index contributed by atoms with van der Waals surface area (Å²) in [6.45, 7) is 8.07. The van der Waals surface area contributed by atoms with E-state index in [4.69, 9.17) is 11.5 Å². The molecule has 0 aliphatic carbocycles. The second kappa shape index (κ2) is 5.39. The van der Waals surface area contributed by atoms with E-state index >= 15 is 0 Å². The molecule has 4 nitrogen and oxygen atoms in total. The average molecular weight is 233 g/mol. The van der Waals surface area contributed by atoms with Crippen molar-refractivity contribution < 1.29 is 4.79 Å². The maximum absolute atomic E-state index is 12.2. The summed E-state index contributed by atoms with van der Waals surface area (Å²) in [5.74, 6) is -0.0844. The van der Waals surface area contributed by atoms with Gasteiger partial charge in [0.15, 0.2) is 0 Å². The Morgan fingerprint density at radius 3 is 2.29 bits per heavy atom. The summed E-state index contributed by atoms with van der Waals surface area (Å²) in [7, 11) is 0. The van der Waals surface area contributed by atoms with E-state index in [1.54, 1.807) is 29.2 Å². The summed E-state index contributed by atoms with van der Waals surface area (Å²) in [6.07, 6.45) is 1.70. The van der Waals surface area contributed by atoms with Crippen LogP contribution in [0.25, 0.3) is 0 Å². The molecule has 0 aliphatic heterocycles. The molecule has 0 radical (unpaired) electrons. The lowest BCUT2D eigenvalue weighted by molar-refractivity contribution is 0.0729. The van der Waals surface area contributed by atoms with Crippen molar-refractivity contribution in [3.05, 3.63) is 36.4 Å². The Morgan fingerprint density at radius 1 is 1.35 bits per heavy atom. The quantitative estimate of drug-likeness (QED) is 0.616. The minimum absolute atomic E-state index is 0.0844. The monoisotopic (exact) mass is 233 g/mol. The lowest BCUT2D eigenvalue weighted by Gasteiger charge is -2.25. The molecule has 0 unspecified atom stereocenters. The number of nitrogen functional groups attached to an aromatic ring is 2. The third-order valence-corrected chi connectivity index (χ3v) is 2.43. The van der Waals surface area contributed by atoms with Gasteiger partial charge in [0.25, 0.3) is 5.91 Å². The van der Waals surface area contributed by atoms with Crippen molar-refractivity contribution in [1.29, 1.82) is 0 Å². The molecule has 1 rings (SSSR count). The number of benzene rings is 1. The number of hydrogen-bond donors (Lipinski definition) is 2. The lowest BCUT2D eigenvalue weighted by Crippen LogP contribution is -2.37. The predicted molar refractivity (Wildman–Crippen MR) is 71.6 cm³/mol.